The maximum atomic E-state index is 11.7. The minimum Gasteiger partial charge on any atom is -0.477 e. The SMILES string of the molecule is Brc1cccc(-n2ccc(CCc3ccn(-c4cccc(Br)c4)n3)n2)c1.O=C(O)c1cc(CCc2cc(C(=O)O)n(-c3cccc(Br)c3)n2)nn1-c1cccc(Br)c1. The van der Waals surface area contributed by atoms with Gasteiger partial charge in [-0.25, -0.2) is 28.3 Å². The first kappa shape index (κ1) is 40.8. The lowest BCUT2D eigenvalue weighted by Gasteiger charge is -2.05. The summed E-state index contributed by atoms with van der Waals surface area (Å²) in [7, 11) is 0. The van der Waals surface area contributed by atoms with Crippen LogP contribution in [0.15, 0.2) is 152 Å². The molecule has 0 unspecified atom stereocenters. The third kappa shape index (κ3) is 10.2. The van der Waals surface area contributed by atoms with Crippen LogP contribution in [0, 0.1) is 0 Å². The van der Waals surface area contributed by atoms with Gasteiger partial charge in [0.25, 0.3) is 0 Å². The number of aromatic nitrogens is 8. The van der Waals surface area contributed by atoms with Gasteiger partial charge in [-0.1, -0.05) is 88.0 Å². The molecule has 0 radical (unpaired) electrons. The molecule has 0 aliphatic heterocycles. The summed E-state index contributed by atoms with van der Waals surface area (Å²) >= 11 is 13.8. The quantitative estimate of drug-likeness (QED) is 0.123. The molecule has 0 atom stereocenters. The van der Waals surface area contributed by atoms with Gasteiger partial charge in [0, 0.05) is 30.3 Å². The van der Waals surface area contributed by atoms with Crippen LogP contribution in [-0.2, 0) is 25.7 Å². The normalized spacial score (nSPS) is 11.0. The van der Waals surface area contributed by atoms with Crippen LogP contribution >= 0.6 is 63.7 Å². The molecule has 8 rings (SSSR count). The van der Waals surface area contributed by atoms with E-state index in [0.29, 0.717) is 35.6 Å². The molecular formula is C42H32Br4N8O4. The van der Waals surface area contributed by atoms with Crippen LogP contribution in [0.1, 0.15) is 43.8 Å². The number of benzene rings is 4. The molecule has 0 bridgehead atoms. The fraction of sp³-hybridized carbons (Fsp3) is 0.0952. The smallest absolute Gasteiger partial charge is 0.354 e. The van der Waals surface area contributed by atoms with E-state index in [1.807, 2.05) is 70.3 Å². The van der Waals surface area contributed by atoms with Crippen LogP contribution in [0.2, 0.25) is 0 Å². The number of aromatic carboxylic acids is 2. The Kier molecular flexibility index (Phi) is 13.0. The predicted molar refractivity (Wildman–Crippen MR) is 234 cm³/mol. The van der Waals surface area contributed by atoms with Gasteiger partial charge in [-0.05, 0) is 123 Å². The van der Waals surface area contributed by atoms with Crippen molar-refractivity contribution in [3.8, 4) is 22.7 Å². The molecule has 2 N–H and O–H groups in total. The highest BCUT2D eigenvalue weighted by atomic mass is 79.9. The molecule has 292 valence electrons. The van der Waals surface area contributed by atoms with E-state index in [2.05, 4.69) is 108 Å². The molecule has 4 aromatic heterocycles. The first-order chi connectivity index (χ1) is 28.0. The highest BCUT2D eigenvalue weighted by molar-refractivity contribution is 9.11. The zero-order chi connectivity index (χ0) is 40.8. The Bertz CT molecular complexity index is 2550. The first-order valence-electron chi connectivity index (χ1n) is 17.8. The molecule has 58 heavy (non-hydrogen) atoms. The highest BCUT2D eigenvalue weighted by Gasteiger charge is 2.19. The Morgan fingerprint density at radius 2 is 0.759 bits per heavy atom. The summed E-state index contributed by atoms with van der Waals surface area (Å²) in [6, 6.07) is 37.8. The second kappa shape index (κ2) is 18.4. The second-order valence-corrected chi connectivity index (χ2v) is 16.6. The summed E-state index contributed by atoms with van der Waals surface area (Å²) in [5.74, 6) is -2.17. The number of nitrogens with zero attached hydrogens (tertiary/aromatic N) is 8. The molecule has 16 heteroatoms. The molecule has 0 saturated heterocycles. The largest absolute Gasteiger partial charge is 0.477 e. The van der Waals surface area contributed by atoms with Crippen molar-refractivity contribution in [3.05, 3.63) is 186 Å². The number of aryl methyl sites for hydroxylation is 4. The lowest BCUT2D eigenvalue weighted by atomic mass is 10.2. The Morgan fingerprint density at radius 3 is 1.10 bits per heavy atom. The summed E-state index contributed by atoms with van der Waals surface area (Å²) in [5.41, 5.74) is 6.67. The lowest BCUT2D eigenvalue weighted by Crippen LogP contribution is -2.08. The number of carboxylic acid groups (broad SMARTS) is 2. The monoisotopic (exact) mass is 1030 g/mol. The zero-order valence-electron chi connectivity index (χ0n) is 30.3. The topological polar surface area (TPSA) is 146 Å². The van der Waals surface area contributed by atoms with E-state index in [4.69, 9.17) is 0 Å². The number of hydrogen-bond donors (Lipinski definition) is 2. The summed E-state index contributed by atoms with van der Waals surface area (Å²) in [6.45, 7) is 0. The van der Waals surface area contributed by atoms with Gasteiger partial charge in [-0.15, -0.1) is 0 Å². The molecule has 0 spiro atoms. The van der Waals surface area contributed by atoms with Crippen molar-refractivity contribution >= 4 is 75.7 Å². The average molecular weight is 1030 g/mol. The molecular weight excluding hydrogens is 1000 g/mol. The van der Waals surface area contributed by atoms with E-state index < -0.39 is 11.9 Å². The molecule has 0 aliphatic carbocycles. The maximum Gasteiger partial charge on any atom is 0.354 e. The summed E-state index contributed by atoms with van der Waals surface area (Å²) in [6.07, 6.45) is 6.51. The average Bonchev–Trinajstić information content (AvgIpc) is 4.03. The van der Waals surface area contributed by atoms with Crippen LogP contribution in [0.25, 0.3) is 22.7 Å². The van der Waals surface area contributed by atoms with E-state index in [1.165, 1.54) is 21.5 Å². The Hall–Kier alpha value is -5.42. The molecule has 0 saturated carbocycles. The molecule has 4 heterocycles. The van der Waals surface area contributed by atoms with Crippen LogP contribution in [0.4, 0.5) is 0 Å². The molecule has 0 fully saturated rings. The minimum atomic E-state index is -1.09. The van der Waals surface area contributed by atoms with Crippen LogP contribution in [-0.4, -0.2) is 61.3 Å². The van der Waals surface area contributed by atoms with Gasteiger partial charge in [0.2, 0.25) is 0 Å². The summed E-state index contributed by atoms with van der Waals surface area (Å²) < 4.78 is 10.3. The van der Waals surface area contributed by atoms with E-state index in [0.717, 1.165) is 53.5 Å². The van der Waals surface area contributed by atoms with Gasteiger partial charge in [-0.3, -0.25) is 0 Å². The van der Waals surface area contributed by atoms with Crippen molar-refractivity contribution in [2.75, 3.05) is 0 Å². The maximum absolute atomic E-state index is 11.7. The van der Waals surface area contributed by atoms with Crippen molar-refractivity contribution in [1.82, 2.24) is 39.1 Å². The van der Waals surface area contributed by atoms with Crippen molar-refractivity contribution in [2.24, 2.45) is 0 Å². The van der Waals surface area contributed by atoms with Gasteiger partial charge in [0.15, 0.2) is 11.4 Å². The number of hydrogen-bond acceptors (Lipinski definition) is 6. The van der Waals surface area contributed by atoms with Gasteiger partial charge >= 0.3 is 11.9 Å². The van der Waals surface area contributed by atoms with Gasteiger partial charge in [0.1, 0.15) is 0 Å². The van der Waals surface area contributed by atoms with Crippen molar-refractivity contribution < 1.29 is 19.8 Å². The molecule has 0 aliphatic rings. The molecule has 4 aromatic carbocycles. The highest BCUT2D eigenvalue weighted by Crippen LogP contribution is 2.22. The predicted octanol–water partition coefficient (Wildman–Crippen LogP) is 10.1. The number of carbonyl (C=O) groups is 2. The van der Waals surface area contributed by atoms with Crippen molar-refractivity contribution in [1.29, 1.82) is 0 Å². The number of halogens is 4. The van der Waals surface area contributed by atoms with E-state index in [1.54, 1.807) is 36.4 Å². The molecule has 12 nitrogen and oxygen atoms in total. The third-order valence-electron chi connectivity index (χ3n) is 8.77. The van der Waals surface area contributed by atoms with Crippen LogP contribution in [0.5, 0.6) is 0 Å². The standard InChI is InChI=1S/C22H16Br2N4O4.C20H16Br2N4/c23-13-3-1-5-17(9-13)27-19(21(29)30)11-15(25-27)7-8-16-12-20(22(31)32)28(26-16)18-6-2-4-14(24)10-18;21-15-3-1-5-19(13-15)25-11-9-17(23-25)7-8-18-10-12-26(24-18)20-6-2-4-16(22)14-20/h1-6,9-12H,7-8H2,(H,29,30)(H,31,32);1-6,9-14H,7-8H2. The van der Waals surface area contributed by atoms with Crippen molar-refractivity contribution in [2.45, 2.75) is 25.7 Å². The van der Waals surface area contributed by atoms with Crippen LogP contribution in [0.3, 0.4) is 0 Å². The lowest BCUT2D eigenvalue weighted by molar-refractivity contribution is 0.0676. The van der Waals surface area contributed by atoms with Gasteiger partial charge in [-0.2, -0.15) is 20.4 Å². The Labute approximate surface area is 366 Å². The number of carboxylic acids is 2. The number of rotatable bonds is 12. The minimum absolute atomic E-state index is 0.0454. The molecule has 8 aromatic rings. The van der Waals surface area contributed by atoms with Crippen LogP contribution < -0.4 is 0 Å². The summed E-state index contributed by atoms with van der Waals surface area (Å²) in [5, 5.41) is 37.4. The Balaban J connectivity index is 0.000000180. The van der Waals surface area contributed by atoms with Gasteiger partial charge in [0.05, 0.1) is 45.5 Å². The second-order valence-electron chi connectivity index (χ2n) is 12.9. The van der Waals surface area contributed by atoms with Crippen molar-refractivity contribution in [3.63, 3.8) is 0 Å². The Morgan fingerprint density at radius 1 is 0.431 bits per heavy atom. The molecule has 0 amide bonds. The van der Waals surface area contributed by atoms with E-state index in [9.17, 15) is 19.8 Å². The fourth-order valence-corrected chi connectivity index (χ4v) is 7.59. The fourth-order valence-electron chi connectivity index (χ4n) is 6.05. The van der Waals surface area contributed by atoms with E-state index >= 15 is 0 Å². The first-order valence-corrected chi connectivity index (χ1v) is 20.9. The van der Waals surface area contributed by atoms with Gasteiger partial charge < -0.3 is 10.2 Å². The third-order valence-corrected chi connectivity index (χ3v) is 10.7. The zero-order valence-corrected chi connectivity index (χ0v) is 36.7. The van der Waals surface area contributed by atoms with E-state index in [-0.39, 0.29) is 11.4 Å². The summed E-state index contributed by atoms with van der Waals surface area (Å²) in [4.78, 5) is 23.4.